The van der Waals surface area contributed by atoms with Crippen molar-refractivity contribution in [3.8, 4) is 11.5 Å². The second-order valence-corrected chi connectivity index (χ2v) is 5.45. The van der Waals surface area contributed by atoms with Crippen molar-refractivity contribution in [2.24, 2.45) is 0 Å². The molecule has 0 radical (unpaired) electrons. The number of methoxy groups -OCH3 is 2. The summed E-state index contributed by atoms with van der Waals surface area (Å²) in [5.41, 5.74) is 1.17. The zero-order valence-electron chi connectivity index (χ0n) is 14.1. The lowest BCUT2D eigenvalue weighted by atomic mass is 10.1. The molecule has 23 heavy (non-hydrogen) atoms. The van der Waals surface area contributed by atoms with Crippen LogP contribution in [0.4, 0.5) is 11.6 Å². The van der Waals surface area contributed by atoms with Gasteiger partial charge in [-0.1, -0.05) is 6.07 Å². The third-order valence-corrected chi connectivity index (χ3v) is 3.27. The fourth-order valence-corrected chi connectivity index (χ4v) is 2.20. The number of hydrogen-bond donors (Lipinski definition) is 2. The van der Waals surface area contributed by atoms with Crippen LogP contribution in [0, 0.1) is 0 Å². The quantitative estimate of drug-likeness (QED) is 0.780. The van der Waals surface area contributed by atoms with Gasteiger partial charge in [0.15, 0.2) is 11.5 Å². The van der Waals surface area contributed by atoms with E-state index in [2.05, 4.69) is 34.4 Å². The largest absolute Gasteiger partial charge is 0.493 e. The highest BCUT2D eigenvalue weighted by Crippen LogP contribution is 2.27. The average molecular weight is 316 g/mol. The summed E-state index contributed by atoms with van der Waals surface area (Å²) in [5, 5.41) is 6.57. The molecule has 124 valence electrons. The smallest absolute Gasteiger partial charge is 0.160 e. The van der Waals surface area contributed by atoms with E-state index in [1.54, 1.807) is 20.5 Å². The summed E-state index contributed by atoms with van der Waals surface area (Å²) in [6, 6.07) is 8.20. The standard InChI is InChI=1S/C17H24N4O2/c1-12(2)21-17-10-16(19-11-20-17)18-8-7-13-5-6-14(22-3)15(9-13)23-4/h5-6,9-12H,7-8H2,1-4H3,(H2,18,19,20,21). The molecule has 0 unspecified atom stereocenters. The van der Waals surface area contributed by atoms with Gasteiger partial charge < -0.3 is 20.1 Å². The molecule has 6 heteroatoms. The first kappa shape index (κ1) is 16.9. The normalized spacial score (nSPS) is 10.5. The molecule has 1 aromatic carbocycles. The number of rotatable bonds is 8. The van der Waals surface area contributed by atoms with Gasteiger partial charge in [0.2, 0.25) is 0 Å². The highest BCUT2D eigenvalue weighted by Gasteiger charge is 2.05. The first-order valence-electron chi connectivity index (χ1n) is 7.65. The van der Waals surface area contributed by atoms with Crippen molar-refractivity contribution in [2.45, 2.75) is 26.3 Å². The number of ether oxygens (including phenoxy) is 2. The molecule has 0 bridgehead atoms. The van der Waals surface area contributed by atoms with Crippen LogP contribution in [0.15, 0.2) is 30.6 Å². The van der Waals surface area contributed by atoms with Crippen LogP contribution in [0.25, 0.3) is 0 Å². The zero-order chi connectivity index (χ0) is 16.7. The number of benzene rings is 1. The third-order valence-electron chi connectivity index (χ3n) is 3.27. The number of nitrogens with one attached hydrogen (secondary N) is 2. The molecular formula is C17H24N4O2. The third kappa shape index (κ3) is 5.02. The average Bonchev–Trinajstić information content (AvgIpc) is 2.54. The number of anilines is 2. The topological polar surface area (TPSA) is 68.3 Å². The van der Waals surface area contributed by atoms with E-state index in [-0.39, 0.29) is 0 Å². The van der Waals surface area contributed by atoms with Gasteiger partial charge in [-0.05, 0) is 38.0 Å². The zero-order valence-corrected chi connectivity index (χ0v) is 14.1. The van der Waals surface area contributed by atoms with Crippen LogP contribution in [-0.4, -0.2) is 36.8 Å². The Hall–Kier alpha value is -2.50. The van der Waals surface area contributed by atoms with Crippen molar-refractivity contribution in [3.05, 3.63) is 36.2 Å². The molecule has 1 aromatic heterocycles. The summed E-state index contributed by atoms with van der Waals surface area (Å²) < 4.78 is 10.6. The molecule has 0 spiro atoms. The Kier molecular flexibility index (Phi) is 6.02. The van der Waals surface area contributed by atoms with Gasteiger partial charge in [-0.25, -0.2) is 9.97 Å². The Balaban J connectivity index is 1.92. The molecule has 0 aliphatic rings. The summed E-state index contributed by atoms with van der Waals surface area (Å²) in [6.07, 6.45) is 2.42. The van der Waals surface area contributed by atoms with Gasteiger partial charge in [0.05, 0.1) is 14.2 Å². The molecule has 0 saturated carbocycles. The van der Waals surface area contributed by atoms with Gasteiger partial charge in [0, 0.05) is 18.7 Å². The highest BCUT2D eigenvalue weighted by molar-refractivity contribution is 5.47. The van der Waals surface area contributed by atoms with Gasteiger partial charge >= 0.3 is 0 Å². The number of nitrogens with zero attached hydrogens (tertiary/aromatic N) is 2. The maximum atomic E-state index is 5.32. The van der Waals surface area contributed by atoms with Gasteiger partial charge in [0.25, 0.3) is 0 Å². The minimum Gasteiger partial charge on any atom is -0.493 e. The molecule has 6 nitrogen and oxygen atoms in total. The second-order valence-electron chi connectivity index (χ2n) is 5.45. The predicted octanol–water partition coefficient (Wildman–Crippen LogP) is 2.97. The fourth-order valence-electron chi connectivity index (χ4n) is 2.20. The minimum absolute atomic E-state index is 0.338. The van der Waals surface area contributed by atoms with E-state index >= 15 is 0 Å². The van der Waals surface area contributed by atoms with Crippen molar-refractivity contribution in [1.29, 1.82) is 0 Å². The van der Waals surface area contributed by atoms with E-state index < -0.39 is 0 Å². The Morgan fingerprint density at radius 2 is 1.74 bits per heavy atom. The molecule has 1 heterocycles. The molecule has 0 aliphatic carbocycles. The summed E-state index contributed by atoms with van der Waals surface area (Å²) >= 11 is 0. The molecule has 0 aliphatic heterocycles. The van der Waals surface area contributed by atoms with E-state index in [1.165, 1.54) is 5.56 Å². The summed E-state index contributed by atoms with van der Waals surface area (Å²) in [6.45, 7) is 4.92. The monoisotopic (exact) mass is 316 g/mol. The van der Waals surface area contributed by atoms with Crippen LogP contribution in [0.3, 0.4) is 0 Å². The second kappa shape index (κ2) is 8.22. The van der Waals surface area contributed by atoms with Crippen LogP contribution in [0.1, 0.15) is 19.4 Å². The van der Waals surface area contributed by atoms with E-state index in [0.29, 0.717) is 6.04 Å². The molecule has 2 aromatic rings. The van der Waals surface area contributed by atoms with E-state index in [1.807, 2.05) is 24.3 Å². The van der Waals surface area contributed by atoms with Crippen molar-refractivity contribution < 1.29 is 9.47 Å². The van der Waals surface area contributed by atoms with Crippen LogP contribution in [0.2, 0.25) is 0 Å². The van der Waals surface area contributed by atoms with Gasteiger partial charge in [-0.2, -0.15) is 0 Å². The first-order chi connectivity index (χ1) is 11.1. The Bertz CT molecular complexity index is 632. The van der Waals surface area contributed by atoms with Crippen LogP contribution >= 0.6 is 0 Å². The highest BCUT2D eigenvalue weighted by atomic mass is 16.5. The van der Waals surface area contributed by atoms with Gasteiger partial charge in [0.1, 0.15) is 18.0 Å². The molecule has 0 amide bonds. The molecule has 0 fully saturated rings. The van der Waals surface area contributed by atoms with E-state index in [0.717, 1.165) is 36.1 Å². The van der Waals surface area contributed by atoms with E-state index in [9.17, 15) is 0 Å². The van der Waals surface area contributed by atoms with Crippen LogP contribution < -0.4 is 20.1 Å². The summed E-state index contributed by atoms with van der Waals surface area (Å²) in [5.74, 6) is 3.12. The van der Waals surface area contributed by atoms with Crippen molar-refractivity contribution in [2.75, 3.05) is 31.4 Å². The lowest BCUT2D eigenvalue weighted by Gasteiger charge is -2.11. The van der Waals surface area contributed by atoms with Crippen LogP contribution in [-0.2, 0) is 6.42 Å². The van der Waals surface area contributed by atoms with Crippen molar-refractivity contribution in [1.82, 2.24) is 9.97 Å². The molecule has 0 atom stereocenters. The van der Waals surface area contributed by atoms with Crippen LogP contribution in [0.5, 0.6) is 11.5 Å². The number of aromatic nitrogens is 2. The molecule has 2 N–H and O–H groups in total. The Morgan fingerprint density at radius 1 is 1.00 bits per heavy atom. The summed E-state index contributed by atoms with van der Waals surface area (Å²) in [7, 11) is 3.28. The Morgan fingerprint density at radius 3 is 2.43 bits per heavy atom. The fraction of sp³-hybridized carbons (Fsp3) is 0.412. The maximum Gasteiger partial charge on any atom is 0.160 e. The van der Waals surface area contributed by atoms with E-state index in [4.69, 9.17) is 9.47 Å². The SMILES string of the molecule is COc1ccc(CCNc2cc(NC(C)C)ncn2)cc1OC. The van der Waals surface area contributed by atoms with Gasteiger partial charge in [-0.15, -0.1) is 0 Å². The minimum atomic E-state index is 0.338. The lowest BCUT2D eigenvalue weighted by molar-refractivity contribution is 0.354. The van der Waals surface area contributed by atoms with Gasteiger partial charge in [-0.3, -0.25) is 0 Å². The predicted molar refractivity (Wildman–Crippen MR) is 92.5 cm³/mol. The molecule has 0 saturated heterocycles. The first-order valence-corrected chi connectivity index (χ1v) is 7.65. The number of hydrogen-bond acceptors (Lipinski definition) is 6. The summed E-state index contributed by atoms with van der Waals surface area (Å²) in [4.78, 5) is 8.43. The van der Waals surface area contributed by atoms with Crippen molar-refractivity contribution in [3.63, 3.8) is 0 Å². The van der Waals surface area contributed by atoms with Crippen molar-refractivity contribution >= 4 is 11.6 Å². The molecular weight excluding hydrogens is 292 g/mol. The Labute approximate surface area is 137 Å². The maximum absolute atomic E-state index is 5.32. The lowest BCUT2D eigenvalue weighted by Crippen LogP contribution is -2.12. The molecule has 2 rings (SSSR count).